The van der Waals surface area contributed by atoms with Crippen LogP contribution in [0.1, 0.15) is 106 Å². The molecule has 196 valence electrons. The highest BCUT2D eigenvalue weighted by atomic mass is 16.4. The van der Waals surface area contributed by atoms with Gasteiger partial charge in [-0.25, -0.2) is 0 Å². The zero-order chi connectivity index (χ0) is 26.0. The highest BCUT2D eigenvalue weighted by Gasteiger charge is 2.73. The van der Waals surface area contributed by atoms with Crippen LogP contribution in [-0.2, 0) is 9.59 Å². The van der Waals surface area contributed by atoms with E-state index in [1.165, 1.54) is 0 Å². The monoisotopic (exact) mass is 486 g/mol. The molecule has 5 heteroatoms. The van der Waals surface area contributed by atoms with E-state index in [4.69, 9.17) is 0 Å². The van der Waals surface area contributed by atoms with Gasteiger partial charge in [-0.05, 0) is 104 Å². The summed E-state index contributed by atoms with van der Waals surface area (Å²) in [4.78, 5) is 26.5. The second-order valence-electron chi connectivity index (χ2n) is 15.1. The van der Waals surface area contributed by atoms with Crippen molar-refractivity contribution in [1.82, 2.24) is 0 Å². The number of rotatable bonds is 1. The molecule has 0 unspecified atom stereocenters. The molecule has 0 spiro atoms. The number of carboxylic acid groups (broad SMARTS) is 1. The van der Waals surface area contributed by atoms with Crippen molar-refractivity contribution in [3.8, 4) is 0 Å². The summed E-state index contributed by atoms with van der Waals surface area (Å²) in [6.45, 7) is 15.0. The standard InChI is InChI=1S/C30H46O5/c1-24(2)19-8-11-29(7)22(27(19,5)10-9-21(24)32)18(31)16-20-28(29,6)15-14-26(4)13-12-25(3,23(33)34)17-30(20,26)35/h16,19,21-22,32,35H,8-15,17H2,1-7H3,(H,33,34)/t19-,21-,22+,25-,26+,27-,28+,29+,30-/m0/s1. The number of hydrogen-bond donors (Lipinski definition) is 3. The van der Waals surface area contributed by atoms with Gasteiger partial charge in [-0.1, -0.05) is 41.5 Å². The van der Waals surface area contributed by atoms with Crippen LogP contribution in [0.5, 0.6) is 0 Å². The number of fused-ring (bicyclic) bond motifs is 7. The summed E-state index contributed by atoms with van der Waals surface area (Å²) >= 11 is 0. The van der Waals surface area contributed by atoms with Gasteiger partial charge in [0, 0.05) is 11.3 Å². The molecule has 0 aromatic rings. The van der Waals surface area contributed by atoms with Gasteiger partial charge in [-0.15, -0.1) is 0 Å². The van der Waals surface area contributed by atoms with Gasteiger partial charge in [0.15, 0.2) is 5.78 Å². The molecule has 0 radical (unpaired) electrons. The topological polar surface area (TPSA) is 94.8 Å². The molecular formula is C30H46O5. The van der Waals surface area contributed by atoms with Crippen molar-refractivity contribution < 1.29 is 24.9 Å². The Bertz CT molecular complexity index is 1010. The van der Waals surface area contributed by atoms with Gasteiger partial charge in [0.25, 0.3) is 0 Å². The Labute approximate surface area is 210 Å². The van der Waals surface area contributed by atoms with E-state index < -0.39 is 22.4 Å². The zero-order valence-corrected chi connectivity index (χ0v) is 22.8. The van der Waals surface area contributed by atoms with E-state index in [1.807, 2.05) is 0 Å². The predicted octanol–water partition coefficient (Wildman–Crippen LogP) is 5.53. The Morgan fingerprint density at radius 1 is 0.914 bits per heavy atom. The molecule has 0 heterocycles. The Balaban J connectivity index is 1.66. The van der Waals surface area contributed by atoms with Crippen molar-refractivity contribution in [2.75, 3.05) is 0 Å². The minimum atomic E-state index is -1.30. The van der Waals surface area contributed by atoms with E-state index in [0.717, 1.165) is 37.7 Å². The van der Waals surface area contributed by atoms with Gasteiger partial charge in [0.2, 0.25) is 0 Å². The predicted molar refractivity (Wildman–Crippen MR) is 135 cm³/mol. The minimum absolute atomic E-state index is 0.111. The Kier molecular flexibility index (Phi) is 5.10. The molecule has 0 amide bonds. The lowest BCUT2D eigenvalue weighted by Crippen LogP contribution is -2.70. The van der Waals surface area contributed by atoms with E-state index in [9.17, 15) is 24.9 Å². The van der Waals surface area contributed by atoms with Crippen LogP contribution >= 0.6 is 0 Å². The fourth-order valence-electron chi connectivity index (χ4n) is 10.4. The number of carbonyl (C=O) groups is 2. The average molecular weight is 487 g/mol. The third-order valence-corrected chi connectivity index (χ3v) is 13.2. The Hall–Kier alpha value is -1.20. The highest BCUT2D eigenvalue weighted by molar-refractivity contribution is 5.96. The third-order valence-electron chi connectivity index (χ3n) is 13.2. The zero-order valence-electron chi connectivity index (χ0n) is 22.8. The maximum Gasteiger partial charge on any atom is 0.309 e. The summed E-state index contributed by atoms with van der Waals surface area (Å²) in [5.41, 5.74) is -3.03. The van der Waals surface area contributed by atoms with Gasteiger partial charge in [0.05, 0.1) is 17.1 Å². The molecule has 0 aromatic carbocycles. The van der Waals surface area contributed by atoms with Gasteiger partial charge >= 0.3 is 5.97 Å². The molecule has 0 bridgehead atoms. The third kappa shape index (κ3) is 2.83. The van der Waals surface area contributed by atoms with Crippen molar-refractivity contribution in [2.45, 2.75) is 118 Å². The number of ketones is 1. The summed E-state index contributed by atoms with van der Waals surface area (Å²) in [6, 6.07) is 0. The Morgan fingerprint density at radius 2 is 1.54 bits per heavy atom. The largest absolute Gasteiger partial charge is 0.481 e. The second kappa shape index (κ2) is 7.01. The van der Waals surface area contributed by atoms with E-state index in [2.05, 4.69) is 41.5 Å². The Morgan fingerprint density at radius 3 is 2.17 bits per heavy atom. The normalized spacial score (nSPS) is 55.1. The first kappa shape index (κ1) is 25.4. The van der Waals surface area contributed by atoms with Crippen LogP contribution in [0.15, 0.2) is 11.6 Å². The van der Waals surface area contributed by atoms with Crippen molar-refractivity contribution >= 4 is 11.8 Å². The fourth-order valence-corrected chi connectivity index (χ4v) is 10.4. The molecule has 5 aliphatic rings. The van der Waals surface area contributed by atoms with Crippen LogP contribution in [-0.4, -0.2) is 38.8 Å². The molecule has 3 N–H and O–H groups in total. The van der Waals surface area contributed by atoms with E-state index >= 15 is 0 Å². The lowest BCUT2D eigenvalue weighted by molar-refractivity contribution is -0.219. The van der Waals surface area contributed by atoms with E-state index in [0.29, 0.717) is 19.3 Å². The van der Waals surface area contributed by atoms with Crippen LogP contribution in [0, 0.1) is 44.3 Å². The number of aliphatic hydroxyl groups excluding tert-OH is 1. The van der Waals surface area contributed by atoms with Crippen LogP contribution in [0.2, 0.25) is 0 Å². The first-order valence-corrected chi connectivity index (χ1v) is 13.8. The molecule has 9 atom stereocenters. The fraction of sp³-hybridized carbons (Fsp3) is 0.867. The number of carboxylic acids is 1. The quantitative estimate of drug-likeness (QED) is 0.453. The molecule has 5 aliphatic carbocycles. The lowest BCUT2D eigenvalue weighted by atomic mass is 9.33. The first-order valence-electron chi connectivity index (χ1n) is 13.8. The first-order chi connectivity index (χ1) is 15.9. The van der Waals surface area contributed by atoms with E-state index in [-0.39, 0.29) is 51.8 Å². The number of aliphatic hydroxyl groups is 2. The van der Waals surface area contributed by atoms with Gasteiger partial charge in [-0.2, -0.15) is 0 Å². The van der Waals surface area contributed by atoms with Crippen LogP contribution in [0.25, 0.3) is 0 Å². The average Bonchev–Trinajstić information content (AvgIpc) is 2.74. The summed E-state index contributed by atoms with van der Waals surface area (Å²) in [5, 5.41) is 33.4. The minimum Gasteiger partial charge on any atom is -0.481 e. The number of aliphatic carboxylic acids is 1. The summed E-state index contributed by atoms with van der Waals surface area (Å²) in [6.07, 6.45) is 7.96. The van der Waals surface area contributed by atoms with Gasteiger partial charge < -0.3 is 15.3 Å². The molecule has 0 saturated heterocycles. The molecule has 35 heavy (non-hydrogen) atoms. The number of allylic oxidation sites excluding steroid dienone is 1. The molecule has 0 aromatic heterocycles. The number of hydrogen-bond acceptors (Lipinski definition) is 4. The summed E-state index contributed by atoms with van der Waals surface area (Å²) in [7, 11) is 0. The van der Waals surface area contributed by atoms with Crippen LogP contribution in [0.4, 0.5) is 0 Å². The molecule has 0 aliphatic heterocycles. The molecule has 4 saturated carbocycles. The molecule has 4 fully saturated rings. The molecule has 5 nitrogen and oxygen atoms in total. The summed E-state index contributed by atoms with van der Waals surface area (Å²) < 4.78 is 0. The van der Waals surface area contributed by atoms with Crippen molar-refractivity contribution in [3.63, 3.8) is 0 Å². The van der Waals surface area contributed by atoms with Crippen LogP contribution in [0.3, 0.4) is 0 Å². The lowest BCUT2D eigenvalue weighted by Gasteiger charge is -2.71. The van der Waals surface area contributed by atoms with Crippen molar-refractivity contribution in [2.24, 2.45) is 44.3 Å². The maximum atomic E-state index is 14.2. The second-order valence-corrected chi connectivity index (χ2v) is 15.1. The van der Waals surface area contributed by atoms with Gasteiger partial charge in [-0.3, -0.25) is 9.59 Å². The van der Waals surface area contributed by atoms with E-state index in [1.54, 1.807) is 13.0 Å². The van der Waals surface area contributed by atoms with Gasteiger partial charge in [0.1, 0.15) is 0 Å². The molecule has 5 rings (SSSR count). The molecular weight excluding hydrogens is 440 g/mol. The van der Waals surface area contributed by atoms with Crippen molar-refractivity contribution in [1.29, 1.82) is 0 Å². The number of carbonyl (C=O) groups excluding carboxylic acids is 1. The van der Waals surface area contributed by atoms with Crippen LogP contribution < -0.4 is 0 Å². The maximum absolute atomic E-state index is 14.2. The smallest absolute Gasteiger partial charge is 0.309 e. The highest BCUT2D eigenvalue weighted by Crippen LogP contribution is 2.75. The SMILES string of the molecule is CC1(C)[C@@H](O)CC[C@]2(C)[C@H]3C(=O)C=C4[C@@](C)(CC[C@@]5(C)CC[C@](C)(C(=O)O)C[C@]45O)[C@]3(C)CC[C@@H]12. The summed E-state index contributed by atoms with van der Waals surface area (Å²) in [5.74, 6) is -0.638. The van der Waals surface area contributed by atoms with Crippen molar-refractivity contribution in [3.05, 3.63) is 11.6 Å².